The molecule has 0 spiro atoms. The molecule has 1 aliphatic carbocycles. The summed E-state index contributed by atoms with van der Waals surface area (Å²) in [5, 5.41) is 1.80. The first kappa shape index (κ1) is 10.2. The van der Waals surface area contributed by atoms with Gasteiger partial charge in [-0.05, 0) is 37.3 Å². The number of hydrogen-bond donors (Lipinski definition) is 1. The lowest BCUT2D eigenvalue weighted by Gasteiger charge is -2.06. The molecule has 2 N–H and O–H groups in total. The van der Waals surface area contributed by atoms with E-state index in [0.717, 1.165) is 36.7 Å². The molecular weight excluding hydrogens is 222 g/mol. The molecule has 1 aromatic carbocycles. The van der Waals surface area contributed by atoms with E-state index in [2.05, 4.69) is 6.07 Å². The number of benzene rings is 1. The predicted molar refractivity (Wildman–Crippen MR) is 65.7 cm³/mol. The minimum Gasteiger partial charge on any atom is -0.462 e. The number of hydrogen-bond acceptors (Lipinski definition) is 2. The smallest absolute Gasteiger partial charge is 0.152 e. The molecule has 3 rings (SSSR count). The third-order valence-corrected chi connectivity index (χ3v) is 3.71. The molecule has 1 saturated carbocycles. The Hall–Kier alpha value is -0.990. The largest absolute Gasteiger partial charge is 0.462 e. The fraction of sp³-hybridized carbons (Fsp3) is 0.385. The second-order valence-electron chi connectivity index (χ2n) is 4.74. The molecule has 1 heterocycles. The van der Waals surface area contributed by atoms with E-state index in [1.807, 2.05) is 18.4 Å². The molecule has 0 unspecified atom stereocenters. The van der Waals surface area contributed by atoms with Crippen LogP contribution in [-0.2, 0) is 6.42 Å². The quantitative estimate of drug-likeness (QED) is 0.884. The van der Waals surface area contributed by atoms with Crippen LogP contribution in [0.1, 0.15) is 24.8 Å². The third-order valence-electron chi connectivity index (χ3n) is 3.42. The Morgan fingerprint density at radius 1 is 1.38 bits per heavy atom. The summed E-state index contributed by atoms with van der Waals surface area (Å²) in [5.74, 6) is 0. The monoisotopic (exact) mass is 235 g/mol. The van der Waals surface area contributed by atoms with Crippen molar-refractivity contribution in [1.82, 2.24) is 0 Å². The summed E-state index contributed by atoms with van der Waals surface area (Å²) in [6, 6.07) is 5.86. The second kappa shape index (κ2) is 3.51. The fourth-order valence-corrected chi connectivity index (χ4v) is 2.28. The maximum absolute atomic E-state index is 6.08. The zero-order chi connectivity index (χ0) is 11.2. The van der Waals surface area contributed by atoms with Gasteiger partial charge in [-0.15, -0.1) is 0 Å². The highest BCUT2D eigenvalue weighted by molar-refractivity contribution is 6.34. The molecular formula is C13H14ClNO. The molecule has 0 radical (unpaired) electrons. The Bertz CT molecular complexity index is 528. The van der Waals surface area contributed by atoms with Crippen LogP contribution < -0.4 is 5.73 Å². The maximum atomic E-state index is 6.08. The Morgan fingerprint density at radius 2 is 2.19 bits per heavy atom. The Balaban J connectivity index is 1.89. The van der Waals surface area contributed by atoms with E-state index in [1.54, 1.807) is 0 Å². The molecule has 0 saturated heterocycles. The number of halogens is 1. The molecule has 0 aliphatic heterocycles. The Kier molecular flexibility index (Phi) is 2.23. The van der Waals surface area contributed by atoms with Crippen LogP contribution in [0, 0.1) is 0 Å². The topological polar surface area (TPSA) is 39.2 Å². The molecule has 3 heteroatoms. The molecule has 0 bridgehead atoms. The van der Waals surface area contributed by atoms with E-state index in [9.17, 15) is 0 Å². The third kappa shape index (κ3) is 1.72. The normalized spacial score (nSPS) is 17.9. The van der Waals surface area contributed by atoms with Crippen molar-refractivity contribution in [2.24, 2.45) is 5.73 Å². The molecule has 2 aromatic rings. The zero-order valence-corrected chi connectivity index (χ0v) is 9.76. The van der Waals surface area contributed by atoms with Crippen LogP contribution in [0.15, 0.2) is 28.9 Å². The summed E-state index contributed by atoms with van der Waals surface area (Å²) in [7, 11) is 0. The lowest BCUT2D eigenvalue weighted by Crippen LogP contribution is -2.21. The molecule has 1 fully saturated rings. The van der Waals surface area contributed by atoms with Gasteiger partial charge in [-0.1, -0.05) is 23.7 Å². The molecule has 84 valence electrons. The second-order valence-corrected chi connectivity index (χ2v) is 5.15. The van der Waals surface area contributed by atoms with Gasteiger partial charge in [0.1, 0.15) is 0 Å². The predicted octanol–water partition coefficient (Wildman–Crippen LogP) is 3.51. The van der Waals surface area contributed by atoms with Gasteiger partial charge in [0, 0.05) is 10.9 Å². The summed E-state index contributed by atoms with van der Waals surface area (Å²) in [6.45, 7) is 0. The first-order chi connectivity index (χ1) is 7.68. The zero-order valence-electron chi connectivity index (χ0n) is 9.00. The van der Waals surface area contributed by atoms with Gasteiger partial charge in [0.05, 0.1) is 11.3 Å². The average molecular weight is 236 g/mol. The first-order valence-corrected chi connectivity index (χ1v) is 5.99. The highest BCUT2D eigenvalue weighted by Gasteiger charge is 2.37. The van der Waals surface area contributed by atoms with Crippen molar-refractivity contribution >= 4 is 22.6 Å². The van der Waals surface area contributed by atoms with Crippen LogP contribution in [0.2, 0.25) is 5.02 Å². The number of para-hydroxylation sites is 1. The van der Waals surface area contributed by atoms with E-state index < -0.39 is 0 Å². The number of rotatable bonds is 3. The van der Waals surface area contributed by atoms with Crippen LogP contribution in [0.25, 0.3) is 11.0 Å². The first-order valence-electron chi connectivity index (χ1n) is 5.61. The van der Waals surface area contributed by atoms with Crippen molar-refractivity contribution in [2.45, 2.75) is 31.2 Å². The van der Waals surface area contributed by atoms with Gasteiger partial charge < -0.3 is 10.2 Å². The van der Waals surface area contributed by atoms with E-state index in [4.69, 9.17) is 21.8 Å². The Labute approximate surface area is 99.4 Å². The lowest BCUT2D eigenvalue weighted by atomic mass is 10.0. The van der Waals surface area contributed by atoms with Gasteiger partial charge >= 0.3 is 0 Å². The number of aryl methyl sites for hydroxylation is 1. The minimum atomic E-state index is 0.0994. The van der Waals surface area contributed by atoms with Crippen LogP contribution >= 0.6 is 11.6 Å². The minimum absolute atomic E-state index is 0.0994. The number of fused-ring (bicyclic) bond motifs is 1. The average Bonchev–Trinajstić information content (AvgIpc) is 2.86. The number of nitrogens with two attached hydrogens (primary N) is 1. The maximum Gasteiger partial charge on any atom is 0.152 e. The van der Waals surface area contributed by atoms with E-state index >= 15 is 0 Å². The van der Waals surface area contributed by atoms with Crippen molar-refractivity contribution in [2.75, 3.05) is 0 Å². The van der Waals surface area contributed by atoms with Crippen molar-refractivity contribution in [3.63, 3.8) is 0 Å². The highest BCUT2D eigenvalue weighted by Crippen LogP contribution is 2.37. The molecule has 0 amide bonds. The van der Waals surface area contributed by atoms with Crippen molar-refractivity contribution in [1.29, 1.82) is 0 Å². The molecule has 1 aliphatic rings. The van der Waals surface area contributed by atoms with Crippen LogP contribution in [-0.4, -0.2) is 5.54 Å². The van der Waals surface area contributed by atoms with Gasteiger partial charge in [-0.25, -0.2) is 0 Å². The molecule has 0 atom stereocenters. The van der Waals surface area contributed by atoms with Crippen molar-refractivity contribution in [3.8, 4) is 0 Å². The SMILES string of the molecule is NC1(CCc2coc3c(Cl)cccc23)CC1. The summed E-state index contributed by atoms with van der Waals surface area (Å²) in [6.07, 6.45) is 6.13. The lowest BCUT2D eigenvalue weighted by molar-refractivity contribution is 0.588. The van der Waals surface area contributed by atoms with Crippen molar-refractivity contribution < 1.29 is 4.42 Å². The van der Waals surface area contributed by atoms with E-state index in [0.29, 0.717) is 5.02 Å². The van der Waals surface area contributed by atoms with Gasteiger partial charge in [0.15, 0.2) is 5.58 Å². The van der Waals surface area contributed by atoms with Crippen LogP contribution in [0.5, 0.6) is 0 Å². The molecule has 16 heavy (non-hydrogen) atoms. The fourth-order valence-electron chi connectivity index (χ4n) is 2.06. The summed E-state index contributed by atoms with van der Waals surface area (Å²) < 4.78 is 5.49. The van der Waals surface area contributed by atoms with Gasteiger partial charge in [0.25, 0.3) is 0 Å². The summed E-state index contributed by atoms with van der Waals surface area (Å²) in [5.41, 5.74) is 8.19. The van der Waals surface area contributed by atoms with Gasteiger partial charge in [-0.3, -0.25) is 0 Å². The number of furan rings is 1. The van der Waals surface area contributed by atoms with Gasteiger partial charge in [0.2, 0.25) is 0 Å². The molecule has 2 nitrogen and oxygen atoms in total. The standard InChI is InChI=1S/C13H14ClNO/c14-11-3-1-2-10-9(8-16-12(10)11)4-5-13(15)6-7-13/h1-3,8H,4-7,15H2. The van der Waals surface area contributed by atoms with Crippen molar-refractivity contribution in [3.05, 3.63) is 35.0 Å². The summed E-state index contributed by atoms with van der Waals surface area (Å²) >= 11 is 6.05. The van der Waals surface area contributed by atoms with Crippen LogP contribution in [0.4, 0.5) is 0 Å². The van der Waals surface area contributed by atoms with Crippen LogP contribution in [0.3, 0.4) is 0 Å². The van der Waals surface area contributed by atoms with Gasteiger partial charge in [-0.2, -0.15) is 0 Å². The van der Waals surface area contributed by atoms with E-state index in [-0.39, 0.29) is 5.54 Å². The van der Waals surface area contributed by atoms with E-state index in [1.165, 1.54) is 5.56 Å². The highest BCUT2D eigenvalue weighted by atomic mass is 35.5. The molecule has 1 aromatic heterocycles. The summed E-state index contributed by atoms with van der Waals surface area (Å²) in [4.78, 5) is 0. The Morgan fingerprint density at radius 3 is 2.94 bits per heavy atom.